The van der Waals surface area contributed by atoms with Gasteiger partial charge in [0.2, 0.25) is 0 Å². The van der Waals surface area contributed by atoms with Crippen molar-refractivity contribution < 1.29 is 4.74 Å². The summed E-state index contributed by atoms with van der Waals surface area (Å²) < 4.78 is 7.47. The van der Waals surface area contributed by atoms with E-state index in [0.717, 1.165) is 49.9 Å². The number of guanidine groups is 1. The van der Waals surface area contributed by atoms with Crippen LogP contribution in [0, 0.1) is 0 Å². The topological polar surface area (TPSA) is 63.5 Å². The molecule has 0 spiro atoms. The number of fused-ring (bicyclic) bond motifs is 1. The Balaban J connectivity index is 0.00000272. The molecule has 6 nitrogen and oxygen atoms in total. The van der Waals surface area contributed by atoms with E-state index in [-0.39, 0.29) is 30.0 Å². The minimum absolute atomic E-state index is 0. The molecular formula is C24H30IN5O. The molecule has 0 saturated carbocycles. The minimum Gasteiger partial charge on any atom is -0.493 e. The average Bonchev–Trinajstić information content (AvgIpc) is 3.46. The van der Waals surface area contributed by atoms with E-state index in [1.165, 1.54) is 16.7 Å². The number of rotatable bonds is 7. The lowest BCUT2D eigenvalue weighted by Crippen LogP contribution is -2.38. The zero-order valence-electron chi connectivity index (χ0n) is 18.0. The molecule has 1 atom stereocenters. The van der Waals surface area contributed by atoms with Crippen LogP contribution in [0.3, 0.4) is 0 Å². The second kappa shape index (κ2) is 11.2. The maximum atomic E-state index is 5.59. The molecule has 7 heteroatoms. The Bertz CT molecular complexity index is 1000. The summed E-state index contributed by atoms with van der Waals surface area (Å²) in [7, 11) is 0. The summed E-state index contributed by atoms with van der Waals surface area (Å²) in [4.78, 5) is 4.79. The number of hydrogen-bond donors (Lipinski definition) is 2. The van der Waals surface area contributed by atoms with E-state index in [4.69, 9.17) is 9.73 Å². The summed E-state index contributed by atoms with van der Waals surface area (Å²) in [5.41, 5.74) is 4.85. The van der Waals surface area contributed by atoms with Gasteiger partial charge in [0.1, 0.15) is 5.75 Å². The molecule has 164 valence electrons. The van der Waals surface area contributed by atoms with Crippen molar-refractivity contribution in [3.05, 3.63) is 77.6 Å². The highest BCUT2D eigenvalue weighted by molar-refractivity contribution is 14.0. The van der Waals surface area contributed by atoms with Crippen LogP contribution in [0.25, 0.3) is 5.69 Å². The molecule has 1 aliphatic rings. The predicted octanol–water partition coefficient (Wildman–Crippen LogP) is 4.28. The maximum absolute atomic E-state index is 5.59. The van der Waals surface area contributed by atoms with Gasteiger partial charge >= 0.3 is 0 Å². The molecule has 4 rings (SSSR count). The van der Waals surface area contributed by atoms with Crippen LogP contribution in [-0.4, -0.2) is 35.4 Å². The number of ether oxygens (including phenoxy) is 1. The number of hydrogen-bond acceptors (Lipinski definition) is 3. The van der Waals surface area contributed by atoms with Crippen LogP contribution >= 0.6 is 24.0 Å². The van der Waals surface area contributed by atoms with Gasteiger partial charge in [-0.2, -0.15) is 5.10 Å². The van der Waals surface area contributed by atoms with Gasteiger partial charge in [0.25, 0.3) is 0 Å². The van der Waals surface area contributed by atoms with Crippen LogP contribution < -0.4 is 15.4 Å². The fourth-order valence-electron chi connectivity index (χ4n) is 3.66. The molecule has 3 aromatic rings. The normalized spacial score (nSPS) is 13.7. The number of nitrogens with zero attached hydrogens (tertiary/aromatic N) is 3. The smallest absolute Gasteiger partial charge is 0.191 e. The van der Waals surface area contributed by atoms with E-state index >= 15 is 0 Å². The van der Waals surface area contributed by atoms with Crippen molar-refractivity contribution in [2.75, 3.05) is 19.7 Å². The predicted molar refractivity (Wildman–Crippen MR) is 136 cm³/mol. The van der Waals surface area contributed by atoms with Gasteiger partial charge in [0.05, 0.1) is 18.3 Å². The molecule has 2 N–H and O–H groups in total. The first-order valence-electron chi connectivity index (χ1n) is 10.6. The zero-order chi connectivity index (χ0) is 20.8. The summed E-state index contributed by atoms with van der Waals surface area (Å²) in [6.07, 6.45) is 5.66. The monoisotopic (exact) mass is 531 g/mol. The lowest BCUT2D eigenvalue weighted by atomic mass is 10.1. The van der Waals surface area contributed by atoms with Gasteiger partial charge in [0, 0.05) is 31.9 Å². The number of benzene rings is 2. The van der Waals surface area contributed by atoms with Crippen LogP contribution in [0.15, 0.2) is 65.9 Å². The lowest BCUT2D eigenvalue weighted by Gasteiger charge is -2.19. The van der Waals surface area contributed by atoms with Gasteiger partial charge in [-0.1, -0.05) is 24.3 Å². The Kier molecular flexibility index (Phi) is 8.34. The molecule has 0 amide bonds. The van der Waals surface area contributed by atoms with Crippen LogP contribution in [0.2, 0.25) is 0 Å². The molecule has 1 aliphatic heterocycles. The van der Waals surface area contributed by atoms with Crippen molar-refractivity contribution in [2.45, 2.75) is 32.7 Å². The number of aromatic nitrogens is 2. The fraction of sp³-hybridized carbons (Fsp3) is 0.333. The summed E-state index contributed by atoms with van der Waals surface area (Å²) in [5.74, 6) is 1.86. The zero-order valence-corrected chi connectivity index (χ0v) is 20.4. The minimum atomic E-state index is 0. The average molecular weight is 531 g/mol. The van der Waals surface area contributed by atoms with Crippen molar-refractivity contribution >= 4 is 29.9 Å². The first-order valence-corrected chi connectivity index (χ1v) is 10.6. The van der Waals surface area contributed by atoms with E-state index < -0.39 is 0 Å². The summed E-state index contributed by atoms with van der Waals surface area (Å²) in [6.45, 7) is 6.58. The van der Waals surface area contributed by atoms with E-state index in [1.54, 1.807) is 6.20 Å². The summed E-state index contributed by atoms with van der Waals surface area (Å²) >= 11 is 0. The van der Waals surface area contributed by atoms with Gasteiger partial charge in [-0.05, 0) is 61.2 Å². The van der Waals surface area contributed by atoms with E-state index in [0.29, 0.717) is 0 Å². The number of halogens is 1. The number of aliphatic imine (C=N–C) groups is 1. The first-order chi connectivity index (χ1) is 14.7. The van der Waals surface area contributed by atoms with Crippen LogP contribution in [0.5, 0.6) is 5.75 Å². The highest BCUT2D eigenvalue weighted by Gasteiger charge is 2.12. The molecule has 2 aromatic carbocycles. The van der Waals surface area contributed by atoms with Crippen molar-refractivity contribution in [1.29, 1.82) is 0 Å². The third kappa shape index (κ3) is 6.00. The van der Waals surface area contributed by atoms with Crippen molar-refractivity contribution in [1.82, 2.24) is 20.4 Å². The van der Waals surface area contributed by atoms with Gasteiger partial charge in [0.15, 0.2) is 5.96 Å². The Morgan fingerprint density at radius 2 is 2.13 bits per heavy atom. The Morgan fingerprint density at radius 1 is 1.23 bits per heavy atom. The molecule has 1 aromatic heterocycles. The first kappa shape index (κ1) is 23.1. The SMILES string of the molecule is CCNC(=NCCc1ccc2c(c1)CCO2)NC(C)c1cccc(-n2cccn2)c1.I. The largest absolute Gasteiger partial charge is 0.493 e. The molecule has 31 heavy (non-hydrogen) atoms. The Hall–Kier alpha value is -2.55. The van der Waals surface area contributed by atoms with E-state index in [2.05, 4.69) is 72.0 Å². The van der Waals surface area contributed by atoms with Crippen molar-refractivity contribution in [2.24, 2.45) is 4.99 Å². The fourth-order valence-corrected chi connectivity index (χ4v) is 3.66. The molecular weight excluding hydrogens is 501 g/mol. The van der Waals surface area contributed by atoms with Gasteiger partial charge in [-0.15, -0.1) is 24.0 Å². The molecule has 0 fully saturated rings. The molecule has 0 radical (unpaired) electrons. The summed E-state index contributed by atoms with van der Waals surface area (Å²) in [5, 5.41) is 11.2. The van der Waals surface area contributed by atoms with Crippen LogP contribution in [-0.2, 0) is 12.8 Å². The van der Waals surface area contributed by atoms with Crippen LogP contribution in [0.1, 0.15) is 36.6 Å². The highest BCUT2D eigenvalue weighted by atomic mass is 127. The Morgan fingerprint density at radius 3 is 2.94 bits per heavy atom. The molecule has 1 unspecified atom stereocenters. The lowest BCUT2D eigenvalue weighted by molar-refractivity contribution is 0.357. The quantitative estimate of drug-likeness (QED) is 0.272. The highest BCUT2D eigenvalue weighted by Crippen LogP contribution is 2.26. The molecule has 0 saturated heterocycles. The van der Waals surface area contributed by atoms with Crippen molar-refractivity contribution in [3.63, 3.8) is 0 Å². The van der Waals surface area contributed by atoms with E-state index in [1.807, 2.05) is 16.9 Å². The molecule has 0 aliphatic carbocycles. The second-order valence-corrected chi connectivity index (χ2v) is 7.46. The maximum Gasteiger partial charge on any atom is 0.191 e. The second-order valence-electron chi connectivity index (χ2n) is 7.46. The third-order valence-corrected chi connectivity index (χ3v) is 5.26. The summed E-state index contributed by atoms with van der Waals surface area (Å²) in [6, 6.07) is 16.9. The van der Waals surface area contributed by atoms with Gasteiger partial charge in [-0.25, -0.2) is 4.68 Å². The van der Waals surface area contributed by atoms with Crippen LogP contribution in [0.4, 0.5) is 0 Å². The van der Waals surface area contributed by atoms with Gasteiger partial charge < -0.3 is 15.4 Å². The third-order valence-electron chi connectivity index (χ3n) is 5.26. The van der Waals surface area contributed by atoms with Gasteiger partial charge in [-0.3, -0.25) is 4.99 Å². The molecule has 0 bridgehead atoms. The van der Waals surface area contributed by atoms with E-state index in [9.17, 15) is 0 Å². The number of nitrogens with one attached hydrogen (secondary N) is 2. The Labute approximate surface area is 201 Å². The molecule has 2 heterocycles. The van der Waals surface area contributed by atoms with Crippen molar-refractivity contribution in [3.8, 4) is 11.4 Å². The standard InChI is InChI=1S/C24H29N5O.HI/c1-3-25-24(26-13-10-19-8-9-23-21(16-19)11-15-30-23)28-18(2)20-6-4-7-22(17-20)29-14-5-12-27-29;/h4-9,12,14,16-18H,3,10-11,13,15H2,1-2H3,(H2,25,26,28);1H.